The highest BCUT2D eigenvalue weighted by Crippen LogP contribution is 2.28. The fraction of sp³-hybridized carbons (Fsp3) is 0.500. The summed E-state index contributed by atoms with van der Waals surface area (Å²) in [5.41, 5.74) is 0.773. The molecule has 5 nitrogen and oxygen atoms in total. The first kappa shape index (κ1) is 13.5. The van der Waals surface area contributed by atoms with Gasteiger partial charge in [-0.15, -0.1) is 0 Å². The van der Waals surface area contributed by atoms with Crippen LogP contribution in [0.3, 0.4) is 0 Å². The van der Waals surface area contributed by atoms with Crippen LogP contribution in [-0.2, 0) is 4.79 Å². The number of carbonyl (C=O) groups is 1. The SMILES string of the molecule is COc1ccc(OC)c(NCC(=O)N2CCCC2)c1. The topological polar surface area (TPSA) is 50.8 Å². The Bertz CT molecular complexity index is 442. The van der Waals surface area contributed by atoms with Crippen LogP contribution in [0, 0.1) is 0 Å². The zero-order valence-corrected chi connectivity index (χ0v) is 11.4. The molecule has 0 radical (unpaired) electrons. The Morgan fingerprint density at radius 3 is 2.63 bits per heavy atom. The van der Waals surface area contributed by atoms with E-state index in [2.05, 4.69) is 5.32 Å². The van der Waals surface area contributed by atoms with Gasteiger partial charge in [0, 0.05) is 19.2 Å². The number of ether oxygens (including phenoxy) is 2. The van der Waals surface area contributed by atoms with Crippen LogP contribution in [-0.4, -0.2) is 44.7 Å². The van der Waals surface area contributed by atoms with Crippen LogP contribution in [0.4, 0.5) is 5.69 Å². The summed E-state index contributed by atoms with van der Waals surface area (Å²) in [5, 5.41) is 3.12. The Morgan fingerprint density at radius 1 is 1.26 bits per heavy atom. The molecule has 1 N–H and O–H groups in total. The van der Waals surface area contributed by atoms with Crippen molar-refractivity contribution in [3.8, 4) is 11.5 Å². The van der Waals surface area contributed by atoms with Gasteiger partial charge in [0.15, 0.2) is 0 Å². The van der Waals surface area contributed by atoms with Gasteiger partial charge in [0.05, 0.1) is 26.5 Å². The molecule has 1 aliphatic rings. The molecule has 104 valence electrons. The lowest BCUT2D eigenvalue weighted by molar-refractivity contribution is -0.128. The second kappa shape index (κ2) is 6.31. The van der Waals surface area contributed by atoms with E-state index in [9.17, 15) is 4.79 Å². The normalized spacial score (nSPS) is 14.3. The van der Waals surface area contributed by atoms with E-state index in [0.717, 1.165) is 37.4 Å². The quantitative estimate of drug-likeness (QED) is 0.880. The molecular weight excluding hydrogens is 244 g/mol. The average molecular weight is 264 g/mol. The van der Waals surface area contributed by atoms with Gasteiger partial charge in [-0.25, -0.2) is 0 Å². The van der Waals surface area contributed by atoms with Crippen molar-refractivity contribution in [1.82, 2.24) is 4.90 Å². The summed E-state index contributed by atoms with van der Waals surface area (Å²) in [6.07, 6.45) is 2.21. The van der Waals surface area contributed by atoms with Gasteiger partial charge in [-0.1, -0.05) is 0 Å². The molecule has 0 unspecified atom stereocenters. The summed E-state index contributed by atoms with van der Waals surface area (Å²) in [6.45, 7) is 2.02. The molecule has 19 heavy (non-hydrogen) atoms. The highest BCUT2D eigenvalue weighted by molar-refractivity contribution is 5.81. The molecule has 0 spiro atoms. The van der Waals surface area contributed by atoms with Crippen molar-refractivity contribution in [3.05, 3.63) is 18.2 Å². The average Bonchev–Trinajstić information content (AvgIpc) is 2.98. The van der Waals surface area contributed by atoms with Gasteiger partial charge >= 0.3 is 0 Å². The van der Waals surface area contributed by atoms with Gasteiger partial charge in [-0.05, 0) is 25.0 Å². The largest absolute Gasteiger partial charge is 0.497 e. The first-order chi connectivity index (χ1) is 9.24. The Labute approximate surface area is 113 Å². The maximum absolute atomic E-state index is 12.0. The zero-order valence-electron chi connectivity index (χ0n) is 11.4. The van der Waals surface area contributed by atoms with E-state index in [1.54, 1.807) is 14.2 Å². The number of hydrogen-bond acceptors (Lipinski definition) is 4. The van der Waals surface area contributed by atoms with Gasteiger partial charge in [0.1, 0.15) is 11.5 Å². The number of amides is 1. The number of anilines is 1. The molecule has 1 aromatic rings. The summed E-state index contributed by atoms with van der Waals surface area (Å²) in [4.78, 5) is 13.9. The highest BCUT2D eigenvalue weighted by atomic mass is 16.5. The number of nitrogens with zero attached hydrogens (tertiary/aromatic N) is 1. The highest BCUT2D eigenvalue weighted by Gasteiger charge is 2.17. The number of methoxy groups -OCH3 is 2. The van der Waals surface area contributed by atoms with E-state index in [0.29, 0.717) is 5.75 Å². The van der Waals surface area contributed by atoms with Crippen LogP contribution in [0.5, 0.6) is 11.5 Å². The lowest BCUT2D eigenvalue weighted by Crippen LogP contribution is -2.33. The lowest BCUT2D eigenvalue weighted by Gasteiger charge is -2.17. The molecule has 1 saturated heterocycles. The maximum Gasteiger partial charge on any atom is 0.241 e. The minimum absolute atomic E-state index is 0.127. The van der Waals surface area contributed by atoms with Crippen molar-refractivity contribution in [2.75, 3.05) is 39.2 Å². The lowest BCUT2D eigenvalue weighted by atomic mass is 10.2. The van der Waals surface area contributed by atoms with Crippen molar-refractivity contribution in [2.45, 2.75) is 12.8 Å². The molecule has 0 saturated carbocycles. The predicted molar refractivity (Wildman–Crippen MR) is 73.8 cm³/mol. The number of carbonyl (C=O) groups excluding carboxylic acids is 1. The van der Waals surface area contributed by atoms with Gasteiger partial charge in [-0.3, -0.25) is 4.79 Å². The molecule has 2 rings (SSSR count). The van der Waals surface area contributed by atoms with Crippen molar-refractivity contribution in [1.29, 1.82) is 0 Å². The standard InChI is InChI=1S/C14H20N2O3/c1-18-11-5-6-13(19-2)12(9-11)15-10-14(17)16-7-3-4-8-16/h5-6,9,15H,3-4,7-8,10H2,1-2H3. The molecule has 1 aliphatic heterocycles. The van der Waals surface area contributed by atoms with E-state index in [1.807, 2.05) is 23.1 Å². The van der Waals surface area contributed by atoms with E-state index < -0.39 is 0 Å². The van der Waals surface area contributed by atoms with Gasteiger partial charge < -0.3 is 19.7 Å². The first-order valence-electron chi connectivity index (χ1n) is 6.48. The Morgan fingerprint density at radius 2 is 2.00 bits per heavy atom. The summed E-state index contributed by atoms with van der Waals surface area (Å²) in [6, 6.07) is 5.48. The van der Waals surface area contributed by atoms with Crippen LogP contribution in [0.2, 0.25) is 0 Å². The molecule has 0 aliphatic carbocycles. The zero-order chi connectivity index (χ0) is 13.7. The smallest absolute Gasteiger partial charge is 0.241 e. The summed E-state index contributed by atoms with van der Waals surface area (Å²) in [5.74, 6) is 1.56. The third-order valence-electron chi connectivity index (χ3n) is 3.30. The van der Waals surface area contributed by atoms with Crippen LogP contribution >= 0.6 is 0 Å². The van der Waals surface area contributed by atoms with E-state index in [-0.39, 0.29) is 12.5 Å². The monoisotopic (exact) mass is 264 g/mol. The fourth-order valence-electron chi connectivity index (χ4n) is 2.20. The molecule has 0 atom stereocenters. The molecule has 1 amide bonds. The Kier molecular flexibility index (Phi) is 4.49. The molecule has 0 aromatic heterocycles. The summed E-state index contributed by atoms with van der Waals surface area (Å²) >= 11 is 0. The van der Waals surface area contributed by atoms with E-state index in [4.69, 9.17) is 9.47 Å². The first-order valence-corrected chi connectivity index (χ1v) is 6.48. The molecule has 1 heterocycles. The molecule has 0 bridgehead atoms. The minimum atomic E-state index is 0.127. The van der Waals surface area contributed by atoms with Gasteiger partial charge in [-0.2, -0.15) is 0 Å². The number of likely N-dealkylation sites (tertiary alicyclic amines) is 1. The number of rotatable bonds is 5. The van der Waals surface area contributed by atoms with Crippen molar-refractivity contribution in [3.63, 3.8) is 0 Å². The second-order valence-corrected chi connectivity index (χ2v) is 4.51. The van der Waals surface area contributed by atoms with Crippen molar-refractivity contribution < 1.29 is 14.3 Å². The summed E-state index contributed by atoms with van der Waals surface area (Å²) < 4.78 is 10.4. The fourth-order valence-corrected chi connectivity index (χ4v) is 2.20. The second-order valence-electron chi connectivity index (χ2n) is 4.51. The molecule has 1 aromatic carbocycles. The number of nitrogens with one attached hydrogen (secondary N) is 1. The van der Waals surface area contributed by atoms with E-state index in [1.165, 1.54) is 0 Å². The molecular formula is C14H20N2O3. The van der Waals surface area contributed by atoms with Gasteiger partial charge in [0.2, 0.25) is 5.91 Å². The third-order valence-corrected chi connectivity index (χ3v) is 3.30. The van der Waals surface area contributed by atoms with Crippen LogP contribution < -0.4 is 14.8 Å². The van der Waals surface area contributed by atoms with Crippen molar-refractivity contribution >= 4 is 11.6 Å². The molecule has 1 fully saturated rings. The Hall–Kier alpha value is -1.91. The minimum Gasteiger partial charge on any atom is -0.497 e. The van der Waals surface area contributed by atoms with Crippen molar-refractivity contribution in [2.24, 2.45) is 0 Å². The number of benzene rings is 1. The Balaban J connectivity index is 1.99. The van der Waals surface area contributed by atoms with Crippen LogP contribution in [0.25, 0.3) is 0 Å². The number of hydrogen-bond donors (Lipinski definition) is 1. The maximum atomic E-state index is 12.0. The summed E-state index contributed by atoms with van der Waals surface area (Å²) in [7, 11) is 3.22. The predicted octanol–water partition coefficient (Wildman–Crippen LogP) is 1.74. The van der Waals surface area contributed by atoms with Crippen LogP contribution in [0.15, 0.2) is 18.2 Å². The van der Waals surface area contributed by atoms with Gasteiger partial charge in [0.25, 0.3) is 0 Å². The molecule has 5 heteroatoms. The third kappa shape index (κ3) is 3.30. The van der Waals surface area contributed by atoms with E-state index >= 15 is 0 Å². The van der Waals surface area contributed by atoms with Crippen LogP contribution in [0.1, 0.15) is 12.8 Å².